The van der Waals surface area contributed by atoms with Crippen molar-refractivity contribution in [3.8, 4) is 11.4 Å². The van der Waals surface area contributed by atoms with E-state index in [-0.39, 0.29) is 0 Å². The maximum atomic E-state index is 7.75. The average molecular weight is 434 g/mol. The predicted molar refractivity (Wildman–Crippen MR) is 141 cm³/mol. The van der Waals surface area contributed by atoms with Crippen molar-refractivity contribution in [2.24, 2.45) is 0 Å². The minimum absolute atomic E-state index is 0.646. The number of para-hydroxylation sites is 5. The molecule has 0 saturated carbocycles. The Morgan fingerprint density at radius 3 is 1.59 bits per heavy atom. The largest absolute Gasteiger partial charge is 0.319 e. The van der Waals surface area contributed by atoms with Crippen LogP contribution >= 0.6 is 0 Å². The molecule has 0 aliphatic carbocycles. The zero-order valence-electron chi connectivity index (χ0n) is 18.3. The summed E-state index contributed by atoms with van der Waals surface area (Å²) in [6, 6.07) is 40.0. The van der Waals surface area contributed by atoms with Crippen molar-refractivity contribution in [1.82, 2.24) is 9.13 Å². The van der Waals surface area contributed by atoms with Gasteiger partial charge in [-0.05, 0) is 36.4 Å². The van der Waals surface area contributed by atoms with Gasteiger partial charge >= 0.3 is 0 Å². The molecule has 7 rings (SSSR count). The van der Waals surface area contributed by atoms with Gasteiger partial charge in [0.25, 0.3) is 0 Å². The summed E-state index contributed by atoms with van der Waals surface area (Å²) in [7, 11) is 0. The zero-order chi connectivity index (χ0) is 22.6. The van der Waals surface area contributed by atoms with Crippen LogP contribution in [0.4, 0.5) is 5.69 Å². The molecule has 34 heavy (non-hydrogen) atoms. The second kappa shape index (κ2) is 7.10. The molecule has 0 atom stereocenters. The van der Waals surface area contributed by atoms with Gasteiger partial charge in [0.2, 0.25) is 5.69 Å². The third-order valence-electron chi connectivity index (χ3n) is 6.74. The van der Waals surface area contributed by atoms with Crippen molar-refractivity contribution in [1.29, 1.82) is 0 Å². The molecule has 158 valence electrons. The van der Waals surface area contributed by atoms with Crippen LogP contribution in [0.5, 0.6) is 0 Å². The van der Waals surface area contributed by atoms with Gasteiger partial charge in [0.1, 0.15) is 0 Å². The molecule has 7 aromatic rings. The summed E-state index contributed by atoms with van der Waals surface area (Å²) in [5, 5.41) is 4.86. The normalized spacial score (nSPS) is 11.5. The lowest BCUT2D eigenvalue weighted by atomic mass is 10.1. The van der Waals surface area contributed by atoms with Crippen LogP contribution in [-0.4, -0.2) is 9.13 Å². The highest BCUT2D eigenvalue weighted by Crippen LogP contribution is 2.40. The summed E-state index contributed by atoms with van der Waals surface area (Å²) in [5.41, 5.74) is 7.27. The summed E-state index contributed by atoms with van der Waals surface area (Å²) in [4.78, 5) is 3.82. The van der Waals surface area contributed by atoms with Crippen LogP contribution in [-0.2, 0) is 0 Å². The second-order valence-electron chi connectivity index (χ2n) is 8.49. The van der Waals surface area contributed by atoms with E-state index >= 15 is 0 Å². The molecule has 2 aromatic heterocycles. The highest BCUT2D eigenvalue weighted by Gasteiger charge is 2.19. The lowest BCUT2D eigenvalue weighted by Crippen LogP contribution is -1.96. The molecule has 3 nitrogen and oxygen atoms in total. The number of hydrogen-bond donors (Lipinski definition) is 0. The highest BCUT2D eigenvalue weighted by atomic mass is 15.0. The Labute approximate surface area is 196 Å². The van der Waals surface area contributed by atoms with E-state index in [1.807, 2.05) is 24.3 Å². The fourth-order valence-electron chi connectivity index (χ4n) is 5.38. The fourth-order valence-corrected chi connectivity index (χ4v) is 5.38. The quantitative estimate of drug-likeness (QED) is 0.243. The molecular formula is C31H19N3. The Balaban J connectivity index is 1.69. The second-order valence-corrected chi connectivity index (χ2v) is 8.49. The lowest BCUT2D eigenvalue weighted by molar-refractivity contribution is 1.17. The van der Waals surface area contributed by atoms with Gasteiger partial charge in [-0.1, -0.05) is 78.9 Å². The Kier molecular flexibility index (Phi) is 3.91. The Morgan fingerprint density at radius 2 is 0.912 bits per heavy atom. The van der Waals surface area contributed by atoms with Crippen LogP contribution in [0.2, 0.25) is 0 Å². The molecule has 0 saturated heterocycles. The van der Waals surface area contributed by atoms with E-state index in [1.165, 1.54) is 32.6 Å². The van der Waals surface area contributed by atoms with Crippen LogP contribution in [0.3, 0.4) is 0 Å². The van der Waals surface area contributed by atoms with E-state index in [0.29, 0.717) is 5.69 Å². The van der Waals surface area contributed by atoms with Crippen LogP contribution in [0.15, 0.2) is 115 Å². The van der Waals surface area contributed by atoms with E-state index in [9.17, 15) is 0 Å². The van der Waals surface area contributed by atoms with Crippen LogP contribution < -0.4 is 0 Å². The average Bonchev–Trinajstić information content (AvgIpc) is 3.42. The van der Waals surface area contributed by atoms with E-state index in [4.69, 9.17) is 6.57 Å². The van der Waals surface area contributed by atoms with Crippen LogP contribution in [0, 0.1) is 6.57 Å². The third kappa shape index (κ3) is 2.45. The van der Waals surface area contributed by atoms with E-state index in [0.717, 1.165) is 22.4 Å². The van der Waals surface area contributed by atoms with Crippen LogP contribution in [0.1, 0.15) is 0 Å². The molecule has 3 heteroatoms. The minimum atomic E-state index is 0.646. The molecule has 2 heterocycles. The van der Waals surface area contributed by atoms with Crippen molar-refractivity contribution in [3.05, 3.63) is 127 Å². The fraction of sp³-hybridized carbons (Fsp3) is 0. The van der Waals surface area contributed by atoms with Crippen molar-refractivity contribution in [2.75, 3.05) is 0 Å². The maximum absolute atomic E-state index is 7.75. The first-order chi connectivity index (χ1) is 16.9. The van der Waals surface area contributed by atoms with Gasteiger partial charge < -0.3 is 9.13 Å². The first-order valence-corrected chi connectivity index (χ1v) is 11.3. The predicted octanol–water partition coefficient (Wildman–Crippen LogP) is 8.43. The topological polar surface area (TPSA) is 14.2 Å². The SMILES string of the molecule is [C-]#[N+]c1ccccc1-n1c2ccccc2c2c(-n3c4ccccc4c4ccccc43)cccc21. The van der Waals surface area contributed by atoms with E-state index < -0.39 is 0 Å². The summed E-state index contributed by atoms with van der Waals surface area (Å²) in [6.07, 6.45) is 0. The smallest absolute Gasteiger partial charge is 0.210 e. The lowest BCUT2D eigenvalue weighted by Gasteiger charge is -2.12. The minimum Gasteiger partial charge on any atom is -0.319 e. The summed E-state index contributed by atoms with van der Waals surface area (Å²) < 4.78 is 4.61. The Morgan fingerprint density at radius 1 is 0.441 bits per heavy atom. The van der Waals surface area contributed by atoms with E-state index in [1.54, 1.807) is 0 Å². The molecule has 0 fully saturated rings. The van der Waals surface area contributed by atoms with Crippen molar-refractivity contribution in [2.45, 2.75) is 0 Å². The van der Waals surface area contributed by atoms with Crippen LogP contribution in [0.25, 0.3) is 59.8 Å². The van der Waals surface area contributed by atoms with Gasteiger partial charge in [-0.3, -0.25) is 0 Å². The van der Waals surface area contributed by atoms with Gasteiger partial charge in [0, 0.05) is 21.5 Å². The molecule has 5 aromatic carbocycles. The van der Waals surface area contributed by atoms with Gasteiger partial charge in [0.05, 0.1) is 40.0 Å². The third-order valence-corrected chi connectivity index (χ3v) is 6.74. The molecule has 0 amide bonds. The monoisotopic (exact) mass is 433 g/mol. The molecule has 0 bridgehead atoms. The van der Waals surface area contributed by atoms with Crippen molar-refractivity contribution in [3.63, 3.8) is 0 Å². The van der Waals surface area contributed by atoms with Gasteiger partial charge in [-0.2, -0.15) is 0 Å². The first-order valence-electron chi connectivity index (χ1n) is 11.3. The Hall–Kier alpha value is -4.81. The molecular weight excluding hydrogens is 414 g/mol. The molecule has 0 aliphatic heterocycles. The van der Waals surface area contributed by atoms with Crippen molar-refractivity contribution < 1.29 is 0 Å². The zero-order valence-corrected chi connectivity index (χ0v) is 18.3. The van der Waals surface area contributed by atoms with Gasteiger partial charge in [-0.15, -0.1) is 0 Å². The standard InChI is InChI=1S/C31H19N3/c1-32-24-14-5-9-18-28(24)34-27-17-8-4-13-23(27)31-29(19-10-20-30(31)34)33-25-15-6-2-11-21(25)22-12-3-7-16-26(22)33/h2-20H. The molecule has 0 unspecified atom stereocenters. The number of rotatable bonds is 2. The van der Waals surface area contributed by atoms with Gasteiger partial charge in [-0.25, -0.2) is 4.85 Å². The first kappa shape index (κ1) is 18.7. The molecule has 0 N–H and O–H groups in total. The summed E-state index contributed by atoms with van der Waals surface area (Å²) in [5.74, 6) is 0. The number of aromatic nitrogens is 2. The number of hydrogen-bond acceptors (Lipinski definition) is 0. The molecule has 0 radical (unpaired) electrons. The molecule has 0 aliphatic rings. The highest BCUT2D eigenvalue weighted by molar-refractivity contribution is 6.16. The van der Waals surface area contributed by atoms with E-state index in [2.05, 4.69) is 105 Å². The molecule has 0 spiro atoms. The number of nitrogens with zero attached hydrogens (tertiary/aromatic N) is 3. The summed E-state index contributed by atoms with van der Waals surface area (Å²) in [6.45, 7) is 7.75. The summed E-state index contributed by atoms with van der Waals surface area (Å²) >= 11 is 0. The Bertz CT molecular complexity index is 1870. The van der Waals surface area contributed by atoms with Gasteiger partial charge in [0.15, 0.2) is 0 Å². The maximum Gasteiger partial charge on any atom is 0.210 e. The van der Waals surface area contributed by atoms with Crippen molar-refractivity contribution >= 4 is 49.3 Å². The number of fused-ring (bicyclic) bond motifs is 6. The number of benzene rings is 5.